The standard InChI is InChI=1S/C23H25F2N3O/c1-2-4-15-9-11-28(12-10-15)21-8-7-16(13-19(21)25)26-14-17-22-18(24)5-3-6-20(22)27-23(17)29/h3,5-8,13-15,26H,2,4,9-12H2,1H3,(H,27,29)/b17-14+. The predicted molar refractivity (Wildman–Crippen MR) is 113 cm³/mol. The van der Waals surface area contributed by atoms with Gasteiger partial charge in [-0.05, 0) is 49.1 Å². The summed E-state index contributed by atoms with van der Waals surface area (Å²) in [6.45, 7) is 3.94. The van der Waals surface area contributed by atoms with Crippen LogP contribution in [0.2, 0.25) is 0 Å². The first-order valence-corrected chi connectivity index (χ1v) is 10.2. The molecule has 6 heteroatoms. The SMILES string of the molecule is CCCC1CCN(c2ccc(N/C=C3/C(=O)Nc4cccc(F)c43)cc2F)CC1. The van der Waals surface area contributed by atoms with Crippen molar-refractivity contribution in [3.63, 3.8) is 0 Å². The van der Waals surface area contributed by atoms with Crippen molar-refractivity contribution in [2.24, 2.45) is 5.92 Å². The first-order chi connectivity index (χ1) is 14.1. The van der Waals surface area contributed by atoms with Crippen LogP contribution < -0.4 is 15.5 Å². The number of piperidine rings is 1. The molecule has 2 aromatic rings. The van der Waals surface area contributed by atoms with Crippen molar-refractivity contribution < 1.29 is 13.6 Å². The smallest absolute Gasteiger partial charge is 0.257 e. The summed E-state index contributed by atoms with van der Waals surface area (Å²) < 4.78 is 28.8. The van der Waals surface area contributed by atoms with Crippen molar-refractivity contribution in [2.75, 3.05) is 28.6 Å². The third-order valence-electron chi connectivity index (χ3n) is 5.76. The highest BCUT2D eigenvalue weighted by atomic mass is 19.1. The van der Waals surface area contributed by atoms with Gasteiger partial charge in [-0.25, -0.2) is 8.78 Å². The van der Waals surface area contributed by atoms with Crippen LogP contribution in [0.15, 0.2) is 42.6 Å². The summed E-state index contributed by atoms with van der Waals surface area (Å²) in [4.78, 5) is 14.2. The van der Waals surface area contributed by atoms with Gasteiger partial charge in [0, 0.05) is 30.5 Å². The average Bonchev–Trinajstić information content (AvgIpc) is 3.04. The average molecular weight is 397 g/mol. The van der Waals surface area contributed by atoms with Gasteiger partial charge in [0.15, 0.2) is 0 Å². The predicted octanol–water partition coefficient (Wildman–Crippen LogP) is 5.39. The maximum absolute atomic E-state index is 14.7. The molecule has 4 nitrogen and oxygen atoms in total. The van der Waals surface area contributed by atoms with Crippen LogP contribution in [0.25, 0.3) is 5.57 Å². The molecule has 29 heavy (non-hydrogen) atoms. The summed E-state index contributed by atoms with van der Waals surface area (Å²) in [5.74, 6) is -0.413. The lowest BCUT2D eigenvalue weighted by molar-refractivity contribution is -0.110. The number of fused-ring (bicyclic) bond motifs is 1. The summed E-state index contributed by atoms with van der Waals surface area (Å²) in [5, 5.41) is 5.56. The topological polar surface area (TPSA) is 44.4 Å². The maximum Gasteiger partial charge on any atom is 0.257 e. The molecule has 0 saturated carbocycles. The van der Waals surface area contributed by atoms with E-state index in [0.29, 0.717) is 17.1 Å². The van der Waals surface area contributed by atoms with Crippen LogP contribution in [0.1, 0.15) is 38.2 Å². The summed E-state index contributed by atoms with van der Waals surface area (Å²) in [5.41, 5.74) is 1.99. The molecule has 2 N–H and O–H groups in total. The number of halogens is 2. The Bertz CT molecular complexity index is 949. The van der Waals surface area contributed by atoms with Gasteiger partial charge in [-0.2, -0.15) is 0 Å². The van der Waals surface area contributed by atoms with Gasteiger partial charge >= 0.3 is 0 Å². The fourth-order valence-corrected chi connectivity index (χ4v) is 4.22. The second kappa shape index (κ2) is 8.23. The molecule has 2 aromatic carbocycles. The van der Waals surface area contributed by atoms with E-state index < -0.39 is 5.82 Å². The first-order valence-electron chi connectivity index (χ1n) is 10.2. The lowest BCUT2D eigenvalue weighted by atomic mass is 9.92. The molecular formula is C23H25F2N3O. The Labute approximate surface area is 169 Å². The molecule has 2 heterocycles. The Balaban J connectivity index is 1.47. The molecule has 0 aliphatic carbocycles. The monoisotopic (exact) mass is 397 g/mol. The molecule has 0 spiro atoms. The van der Waals surface area contributed by atoms with E-state index in [-0.39, 0.29) is 22.9 Å². The molecule has 1 amide bonds. The normalized spacial score (nSPS) is 18.1. The fourth-order valence-electron chi connectivity index (χ4n) is 4.22. The van der Waals surface area contributed by atoms with Gasteiger partial charge in [0.25, 0.3) is 5.91 Å². The van der Waals surface area contributed by atoms with Crippen LogP contribution in [-0.4, -0.2) is 19.0 Å². The van der Waals surface area contributed by atoms with Gasteiger partial charge in [0.05, 0.1) is 16.9 Å². The lowest BCUT2D eigenvalue weighted by Gasteiger charge is -2.33. The van der Waals surface area contributed by atoms with Crippen LogP contribution in [0.3, 0.4) is 0 Å². The van der Waals surface area contributed by atoms with Crippen molar-refractivity contribution in [1.29, 1.82) is 0 Å². The fraction of sp³-hybridized carbons (Fsp3) is 0.348. The van der Waals surface area contributed by atoms with E-state index >= 15 is 0 Å². The largest absolute Gasteiger partial charge is 0.369 e. The van der Waals surface area contributed by atoms with Crippen LogP contribution in [0.4, 0.5) is 25.8 Å². The van der Waals surface area contributed by atoms with E-state index in [4.69, 9.17) is 0 Å². The zero-order valence-electron chi connectivity index (χ0n) is 16.5. The number of anilines is 3. The van der Waals surface area contributed by atoms with Crippen molar-refractivity contribution in [3.05, 3.63) is 59.8 Å². The maximum atomic E-state index is 14.7. The summed E-state index contributed by atoms with van der Waals surface area (Å²) in [6.07, 6.45) is 6.06. The Morgan fingerprint density at radius 2 is 1.97 bits per heavy atom. The molecule has 0 bridgehead atoms. The Morgan fingerprint density at radius 1 is 1.17 bits per heavy atom. The molecule has 1 saturated heterocycles. The zero-order chi connectivity index (χ0) is 20.4. The highest BCUT2D eigenvalue weighted by molar-refractivity contribution is 6.31. The number of amides is 1. The minimum atomic E-state index is -0.470. The summed E-state index contributed by atoms with van der Waals surface area (Å²) in [6, 6.07) is 9.46. The molecule has 0 aromatic heterocycles. The number of hydrogen-bond acceptors (Lipinski definition) is 3. The molecule has 2 aliphatic heterocycles. The summed E-state index contributed by atoms with van der Waals surface area (Å²) in [7, 11) is 0. The molecule has 2 aliphatic rings. The molecule has 0 atom stereocenters. The molecule has 4 rings (SSSR count). The van der Waals surface area contributed by atoms with Gasteiger partial charge in [0.1, 0.15) is 11.6 Å². The summed E-state index contributed by atoms with van der Waals surface area (Å²) >= 11 is 0. The van der Waals surface area contributed by atoms with Crippen LogP contribution >= 0.6 is 0 Å². The highest BCUT2D eigenvalue weighted by Crippen LogP contribution is 2.34. The number of nitrogens with one attached hydrogen (secondary N) is 2. The van der Waals surface area contributed by atoms with Gasteiger partial charge in [-0.15, -0.1) is 0 Å². The van der Waals surface area contributed by atoms with E-state index in [9.17, 15) is 13.6 Å². The van der Waals surface area contributed by atoms with Crippen molar-refractivity contribution in [2.45, 2.75) is 32.6 Å². The third kappa shape index (κ3) is 3.97. The third-order valence-corrected chi connectivity index (χ3v) is 5.76. The number of hydrogen-bond donors (Lipinski definition) is 2. The number of carbonyl (C=O) groups is 1. The van der Waals surface area contributed by atoms with Crippen molar-refractivity contribution >= 4 is 28.5 Å². The molecule has 0 radical (unpaired) electrons. The van der Waals surface area contributed by atoms with E-state index in [1.165, 1.54) is 31.2 Å². The van der Waals surface area contributed by atoms with Crippen LogP contribution in [-0.2, 0) is 4.79 Å². The molecule has 0 unspecified atom stereocenters. The van der Waals surface area contributed by atoms with E-state index in [0.717, 1.165) is 31.8 Å². The van der Waals surface area contributed by atoms with E-state index in [1.54, 1.807) is 24.3 Å². The second-order valence-electron chi connectivity index (χ2n) is 7.70. The van der Waals surface area contributed by atoms with Gasteiger partial charge < -0.3 is 15.5 Å². The molecule has 1 fully saturated rings. The van der Waals surface area contributed by atoms with E-state index in [2.05, 4.69) is 22.5 Å². The molecular weight excluding hydrogens is 372 g/mol. The second-order valence-corrected chi connectivity index (χ2v) is 7.70. The zero-order valence-corrected chi connectivity index (χ0v) is 16.5. The Hall–Kier alpha value is -2.89. The van der Waals surface area contributed by atoms with Gasteiger partial charge in [-0.3, -0.25) is 4.79 Å². The first kappa shape index (κ1) is 19.4. The minimum Gasteiger partial charge on any atom is -0.369 e. The Kier molecular flexibility index (Phi) is 5.51. The number of benzene rings is 2. The van der Waals surface area contributed by atoms with Crippen molar-refractivity contribution in [1.82, 2.24) is 0 Å². The number of nitrogens with zero attached hydrogens (tertiary/aromatic N) is 1. The van der Waals surface area contributed by atoms with Gasteiger partial charge in [-0.1, -0.05) is 25.8 Å². The quantitative estimate of drug-likeness (QED) is 0.665. The highest BCUT2D eigenvalue weighted by Gasteiger charge is 2.27. The number of carbonyl (C=O) groups excluding carboxylic acids is 1. The number of rotatable bonds is 5. The minimum absolute atomic E-state index is 0.195. The van der Waals surface area contributed by atoms with Crippen LogP contribution in [0.5, 0.6) is 0 Å². The lowest BCUT2D eigenvalue weighted by Crippen LogP contribution is -2.34. The Morgan fingerprint density at radius 3 is 2.69 bits per heavy atom. The van der Waals surface area contributed by atoms with Crippen LogP contribution in [0, 0.1) is 17.6 Å². The van der Waals surface area contributed by atoms with Crippen molar-refractivity contribution in [3.8, 4) is 0 Å². The molecule has 152 valence electrons. The van der Waals surface area contributed by atoms with Gasteiger partial charge in [0.2, 0.25) is 0 Å². The van der Waals surface area contributed by atoms with E-state index in [1.807, 2.05) is 0 Å².